The van der Waals surface area contributed by atoms with Crippen molar-refractivity contribution in [3.8, 4) is 0 Å². The Hall–Kier alpha value is -2.23. The number of carbonyl (C=O) groups excluding carboxylic acids is 1. The molecule has 0 unspecified atom stereocenters. The Bertz CT molecular complexity index is 716. The zero-order valence-electron chi connectivity index (χ0n) is 12.4. The maximum absolute atomic E-state index is 13.0. The molecule has 0 aromatic carbocycles. The van der Waals surface area contributed by atoms with Crippen LogP contribution in [0.2, 0.25) is 0 Å². The third-order valence-electron chi connectivity index (χ3n) is 3.17. The monoisotopic (exact) mass is 345 g/mol. The minimum atomic E-state index is -4.78. The zero-order chi connectivity index (χ0) is 17.2. The number of likely N-dealkylation sites (N-methyl/N-ethyl adjacent to an activating group) is 1. The number of anilines is 1. The molecule has 0 aliphatic carbocycles. The first-order valence-corrected chi connectivity index (χ1v) is 7.42. The van der Waals surface area contributed by atoms with Crippen LogP contribution in [0, 0.1) is 6.92 Å². The van der Waals surface area contributed by atoms with Gasteiger partial charge in [0.2, 0.25) is 5.95 Å². The van der Waals surface area contributed by atoms with E-state index in [4.69, 9.17) is 5.73 Å². The van der Waals surface area contributed by atoms with Crippen LogP contribution in [0.15, 0.2) is 11.7 Å². The number of aromatic nitrogens is 3. The number of halogens is 3. The van der Waals surface area contributed by atoms with Crippen LogP contribution in [0.5, 0.6) is 0 Å². The van der Waals surface area contributed by atoms with Crippen LogP contribution in [0.1, 0.15) is 26.6 Å². The Morgan fingerprint density at radius 3 is 2.65 bits per heavy atom. The Balaban J connectivity index is 2.18. The van der Waals surface area contributed by atoms with E-state index in [-0.39, 0.29) is 6.54 Å². The van der Waals surface area contributed by atoms with Gasteiger partial charge in [-0.1, -0.05) is 0 Å². The fourth-order valence-electron chi connectivity index (χ4n) is 1.91. The topological polar surface area (TPSA) is 85.0 Å². The highest BCUT2D eigenvalue weighted by atomic mass is 32.1. The summed E-state index contributed by atoms with van der Waals surface area (Å²) < 4.78 is 39.0. The van der Waals surface area contributed by atoms with E-state index < -0.39 is 29.3 Å². The summed E-state index contributed by atoms with van der Waals surface area (Å²) in [6, 6.07) is 0. The number of hydrogen-bond donors (Lipinski definition) is 1. The van der Waals surface area contributed by atoms with Crippen LogP contribution in [0.25, 0.3) is 0 Å². The quantitative estimate of drug-likeness (QED) is 0.918. The molecule has 2 aromatic heterocycles. The molecule has 10 heteroatoms. The third kappa shape index (κ3) is 3.95. The van der Waals surface area contributed by atoms with E-state index in [9.17, 15) is 18.0 Å². The van der Waals surface area contributed by atoms with Crippen LogP contribution in [-0.4, -0.2) is 39.4 Å². The molecule has 0 bridgehead atoms. The minimum absolute atomic E-state index is 0.254. The minimum Gasteiger partial charge on any atom is -0.368 e. The number of hydrogen-bond acceptors (Lipinski definition) is 6. The molecule has 0 aliphatic rings. The van der Waals surface area contributed by atoms with E-state index in [1.54, 1.807) is 5.51 Å². The van der Waals surface area contributed by atoms with E-state index in [2.05, 4.69) is 15.0 Å². The fraction of sp³-hybridized carbons (Fsp3) is 0.385. The molecule has 124 valence electrons. The first-order chi connectivity index (χ1) is 10.7. The van der Waals surface area contributed by atoms with E-state index in [0.717, 1.165) is 16.8 Å². The van der Waals surface area contributed by atoms with Gasteiger partial charge in [-0.15, -0.1) is 11.3 Å². The summed E-state index contributed by atoms with van der Waals surface area (Å²) in [4.78, 5) is 25.2. The number of thiazole rings is 1. The second-order valence-corrected chi connectivity index (χ2v) is 5.77. The largest absolute Gasteiger partial charge is 0.434 e. The van der Waals surface area contributed by atoms with Crippen molar-refractivity contribution in [2.75, 3.05) is 19.3 Å². The van der Waals surface area contributed by atoms with Crippen LogP contribution < -0.4 is 5.73 Å². The van der Waals surface area contributed by atoms with Crippen LogP contribution >= 0.6 is 11.3 Å². The maximum atomic E-state index is 13.0. The summed E-state index contributed by atoms with van der Waals surface area (Å²) in [6.45, 7) is 2.09. The van der Waals surface area contributed by atoms with Gasteiger partial charge in [0, 0.05) is 31.1 Å². The van der Waals surface area contributed by atoms with E-state index in [1.807, 2.05) is 6.92 Å². The van der Waals surface area contributed by atoms with E-state index >= 15 is 0 Å². The summed E-state index contributed by atoms with van der Waals surface area (Å²) in [5.41, 5.74) is 5.78. The van der Waals surface area contributed by atoms with Crippen LogP contribution in [0.4, 0.5) is 19.1 Å². The van der Waals surface area contributed by atoms with Gasteiger partial charge in [0.25, 0.3) is 5.91 Å². The molecule has 0 atom stereocenters. The molecule has 2 N–H and O–H groups in total. The lowest BCUT2D eigenvalue weighted by Crippen LogP contribution is -2.31. The molecule has 1 amide bonds. The molecule has 2 aromatic rings. The summed E-state index contributed by atoms with van der Waals surface area (Å²) >= 11 is 1.44. The Morgan fingerprint density at radius 2 is 2.09 bits per heavy atom. The van der Waals surface area contributed by atoms with Crippen LogP contribution in [-0.2, 0) is 12.6 Å². The molecule has 0 aliphatic heterocycles. The third-order valence-corrected chi connectivity index (χ3v) is 4.17. The van der Waals surface area contributed by atoms with Gasteiger partial charge < -0.3 is 10.6 Å². The van der Waals surface area contributed by atoms with Crippen LogP contribution in [0.3, 0.4) is 0 Å². The molecular weight excluding hydrogens is 331 g/mol. The van der Waals surface area contributed by atoms with Gasteiger partial charge >= 0.3 is 6.18 Å². The standard InChI is InChI=1S/C13H14F3N5OS/c1-7-9(23-6-19-7)3-4-21(2)11(22)8-5-18-12(17)20-10(8)13(14,15)16/h5-6H,3-4H2,1-2H3,(H2,17,18,20). The summed E-state index contributed by atoms with van der Waals surface area (Å²) in [5, 5.41) is 0. The molecule has 0 spiro atoms. The number of alkyl halides is 3. The molecule has 0 saturated heterocycles. The zero-order valence-corrected chi connectivity index (χ0v) is 13.2. The number of rotatable bonds is 4. The van der Waals surface area contributed by atoms with Gasteiger partial charge in [0.15, 0.2) is 5.69 Å². The van der Waals surface area contributed by atoms with Crippen molar-refractivity contribution in [3.05, 3.63) is 33.5 Å². The second kappa shape index (κ2) is 6.49. The number of carbonyl (C=O) groups is 1. The SMILES string of the molecule is Cc1ncsc1CCN(C)C(=O)c1cnc(N)nc1C(F)(F)F. The first-order valence-electron chi connectivity index (χ1n) is 6.54. The van der Waals surface area contributed by atoms with Gasteiger partial charge in [0.1, 0.15) is 0 Å². The fourth-order valence-corrected chi connectivity index (χ4v) is 2.68. The Morgan fingerprint density at radius 1 is 1.39 bits per heavy atom. The Labute approximate surface area is 134 Å². The summed E-state index contributed by atoms with van der Waals surface area (Å²) in [6.07, 6.45) is -3.46. The van der Waals surface area contributed by atoms with Gasteiger partial charge in [-0.2, -0.15) is 13.2 Å². The van der Waals surface area contributed by atoms with Crippen molar-refractivity contribution in [2.24, 2.45) is 0 Å². The highest BCUT2D eigenvalue weighted by Crippen LogP contribution is 2.31. The molecule has 6 nitrogen and oxygen atoms in total. The number of amides is 1. The lowest BCUT2D eigenvalue weighted by Gasteiger charge is -2.19. The molecule has 0 fully saturated rings. The number of nitrogens with two attached hydrogens (primary N) is 1. The van der Waals surface area contributed by atoms with E-state index in [1.165, 1.54) is 23.3 Å². The second-order valence-electron chi connectivity index (χ2n) is 4.83. The van der Waals surface area contributed by atoms with Gasteiger partial charge in [-0.3, -0.25) is 4.79 Å². The molecule has 0 saturated carbocycles. The number of nitrogen functional groups attached to an aromatic ring is 1. The first kappa shape index (κ1) is 17.1. The average molecular weight is 345 g/mol. The van der Waals surface area contributed by atoms with Gasteiger partial charge in [0.05, 0.1) is 16.8 Å². The molecule has 0 radical (unpaired) electrons. The smallest absolute Gasteiger partial charge is 0.368 e. The molecule has 2 heterocycles. The predicted molar refractivity (Wildman–Crippen MR) is 79.0 cm³/mol. The highest BCUT2D eigenvalue weighted by molar-refractivity contribution is 7.09. The highest BCUT2D eigenvalue weighted by Gasteiger charge is 2.38. The normalized spacial score (nSPS) is 11.5. The molecule has 23 heavy (non-hydrogen) atoms. The Kier molecular flexibility index (Phi) is 4.83. The van der Waals surface area contributed by atoms with Crippen molar-refractivity contribution in [1.29, 1.82) is 0 Å². The average Bonchev–Trinajstić information content (AvgIpc) is 2.88. The van der Waals surface area contributed by atoms with Crippen molar-refractivity contribution in [1.82, 2.24) is 19.9 Å². The summed E-state index contributed by atoms with van der Waals surface area (Å²) in [7, 11) is 1.43. The summed E-state index contributed by atoms with van der Waals surface area (Å²) in [5.74, 6) is -1.34. The number of nitrogens with zero attached hydrogens (tertiary/aromatic N) is 4. The lowest BCUT2D eigenvalue weighted by molar-refractivity contribution is -0.141. The van der Waals surface area contributed by atoms with Crippen molar-refractivity contribution in [2.45, 2.75) is 19.5 Å². The van der Waals surface area contributed by atoms with Crippen molar-refractivity contribution in [3.63, 3.8) is 0 Å². The maximum Gasteiger partial charge on any atom is 0.434 e. The van der Waals surface area contributed by atoms with E-state index in [0.29, 0.717) is 6.42 Å². The predicted octanol–water partition coefficient (Wildman–Crippen LogP) is 2.16. The molecule has 2 rings (SSSR count). The van der Waals surface area contributed by atoms with Crippen molar-refractivity contribution < 1.29 is 18.0 Å². The molecular formula is C13H14F3N5OS. The number of aryl methyl sites for hydroxylation is 1. The van der Waals surface area contributed by atoms with Gasteiger partial charge in [-0.25, -0.2) is 15.0 Å². The van der Waals surface area contributed by atoms with Gasteiger partial charge in [-0.05, 0) is 6.92 Å². The lowest BCUT2D eigenvalue weighted by atomic mass is 10.2. The van der Waals surface area contributed by atoms with Crippen molar-refractivity contribution >= 4 is 23.2 Å².